The molecule has 2 heterocycles. The molecule has 2 aromatic carbocycles. The van der Waals surface area contributed by atoms with Crippen molar-refractivity contribution >= 4 is 24.2 Å². The Hall–Kier alpha value is -2.25. The van der Waals surface area contributed by atoms with Crippen molar-refractivity contribution in [3.8, 4) is 0 Å². The summed E-state index contributed by atoms with van der Waals surface area (Å²) in [6, 6.07) is 13.7. The molecule has 1 fully saturated rings. The molecule has 0 saturated carbocycles. The van der Waals surface area contributed by atoms with E-state index in [0.717, 1.165) is 10.5 Å². The predicted molar refractivity (Wildman–Crippen MR) is 104 cm³/mol. The molecule has 0 aliphatic carbocycles. The quantitative estimate of drug-likeness (QED) is 0.758. The Bertz CT molecular complexity index is 915. The number of halogens is 2. The Morgan fingerprint density at radius 1 is 0.964 bits per heavy atom. The lowest BCUT2D eigenvalue weighted by atomic mass is 9.78. The van der Waals surface area contributed by atoms with E-state index in [-0.39, 0.29) is 17.8 Å². The van der Waals surface area contributed by atoms with E-state index in [1.165, 1.54) is 6.07 Å². The minimum Gasteiger partial charge on any atom is -0.399 e. The van der Waals surface area contributed by atoms with Gasteiger partial charge in [-0.05, 0) is 44.8 Å². The summed E-state index contributed by atoms with van der Waals surface area (Å²) >= 11 is 0. The van der Waals surface area contributed by atoms with Crippen molar-refractivity contribution < 1.29 is 22.9 Å². The number of carbonyl (C=O) groups is 1. The summed E-state index contributed by atoms with van der Waals surface area (Å²) in [7, 11) is -0.760. The van der Waals surface area contributed by atoms with Gasteiger partial charge in [0.05, 0.1) is 29.0 Å². The number of nitrogens with zero attached hydrogens (tertiary/aromatic N) is 1. The molecule has 0 bridgehead atoms. The highest BCUT2D eigenvalue weighted by Gasteiger charge is 2.55. The lowest BCUT2D eigenvalue weighted by molar-refractivity contribution is -0.141. The minimum absolute atomic E-state index is 0.0953. The van der Waals surface area contributed by atoms with Gasteiger partial charge >= 0.3 is 18.9 Å². The lowest BCUT2D eigenvalue weighted by Crippen LogP contribution is -2.41. The Labute approximate surface area is 163 Å². The molecule has 2 aliphatic heterocycles. The van der Waals surface area contributed by atoms with Crippen LogP contribution in [0.4, 0.5) is 14.5 Å². The zero-order valence-electron chi connectivity index (χ0n) is 16.3. The standard InChI is InChI=1S/C21H22BF2NO3/c1-19(2)20(3,4)28-22(27-19)15-10-11-17-16(12-15)21(23,24)18(26)25(17)13-14-8-6-5-7-9-14/h5-12H,13H2,1-4H3. The Morgan fingerprint density at radius 3 is 2.18 bits per heavy atom. The molecule has 146 valence electrons. The van der Waals surface area contributed by atoms with Crippen molar-refractivity contribution in [3.05, 3.63) is 59.7 Å². The fourth-order valence-corrected chi connectivity index (χ4v) is 3.48. The highest BCUT2D eigenvalue weighted by atomic mass is 19.3. The van der Waals surface area contributed by atoms with Crippen LogP contribution in [-0.2, 0) is 26.6 Å². The second-order valence-corrected chi connectivity index (χ2v) is 8.32. The number of hydrogen-bond donors (Lipinski definition) is 0. The number of carbonyl (C=O) groups excluding carboxylic acids is 1. The van der Waals surface area contributed by atoms with E-state index in [4.69, 9.17) is 9.31 Å². The minimum atomic E-state index is -3.58. The van der Waals surface area contributed by atoms with Crippen molar-refractivity contribution in [2.24, 2.45) is 0 Å². The zero-order valence-corrected chi connectivity index (χ0v) is 16.3. The summed E-state index contributed by atoms with van der Waals surface area (Å²) in [5.74, 6) is -4.79. The molecule has 0 aromatic heterocycles. The van der Waals surface area contributed by atoms with E-state index in [2.05, 4.69) is 0 Å². The van der Waals surface area contributed by atoms with Gasteiger partial charge in [0.1, 0.15) is 0 Å². The van der Waals surface area contributed by atoms with Gasteiger partial charge in [0.25, 0.3) is 0 Å². The Balaban J connectivity index is 1.69. The summed E-state index contributed by atoms with van der Waals surface area (Å²) in [5.41, 5.74) is 0.0312. The number of hydrogen-bond acceptors (Lipinski definition) is 3. The van der Waals surface area contributed by atoms with E-state index in [0.29, 0.717) is 5.46 Å². The van der Waals surface area contributed by atoms with Crippen molar-refractivity contribution in [3.63, 3.8) is 0 Å². The highest BCUT2D eigenvalue weighted by Crippen LogP contribution is 2.45. The predicted octanol–water partition coefficient (Wildman–Crippen LogP) is 3.62. The van der Waals surface area contributed by atoms with Crippen LogP contribution < -0.4 is 10.4 Å². The molecule has 0 radical (unpaired) electrons. The summed E-state index contributed by atoms with van der Waals surface area (Å²) in [4.78, 5) is 13.6. The lowest BCUT2D eigenvalue weighted by Gasteiger charge is -2.32. The van der Waals surface area contributed by atoms with Crippen LogP contribution >= 0.6 is 0 Å². The molecule has 2 aromatic rings. The Morgan fingerprint density at radius 2 is 1.57 bits per heavy atom. The third kappa shape index (κ3) is 2.84. The van der Waals surface area contributed by atoms with Crippen molar-refractivity contribution in [2.75, 3.05) is 4.90 Å². The van der Waals surface area contributed by atoms with Gasteiger partial charge in [-0.3, -0.25) is 4.79 Å². The molecule has 4 nitrogen and oxygen atoms in total. The number of alkyl halides is 2. The molecule has 0 atom stereocenters. The normalized spacial score (nSPS) is 21.9. The smallest absolute Gasteiger partial charge is 0.399 e. The van der Waals surface area contributed by atoms with Crippen LogP contribution in [0.15, 0.2) is 48.5 Å². The third-order valence-electron chi connectivity index (χ3n) is 5.87. The first kappa shape index (κ1) is 19.1. The Kier molecular flexibility index (Phi) is 4.18. The molecule has 0 unspecified atom stereocenters. The number of rotatable bonds is 3. The molecular formula is C21H22BF2NO3. The van der Waals surface area contributed by atoms with Crippen LogP contribution in [0, 0.1) is 0 Å². The molecule has 1 saturated heterocycles. The summed E-state index contributed by atoms with van der Waals surface area (Å²) in [6.45, 7) is 7.71. The monoisotopic (exact) mass is 385 g/mol. The van der Waals surface area contributed by atoms with Gasteiger partial charge in [-0.2, -0.15) is 8.78 Å². The number of fused-ring (bicyclic) bond motifs is 1. The molecule has 1 amide bonds. The van der Waals surface area contributed by atoms with E-state index in [1.54, 1.807) is 12.1 Å². The molecule has 2 aliphatic rings. The van der Waals surface area contributed by atoms with Crippen molar-refractivity contribution in [1.82, 2.24) is 0 Å². The largest absolute Gasteiger partial charge is 0.494 e. The topological polar surface area (TPSA) is 38.8 Å². The number of amides is 1. The first-order valence-corrected chi connectivity index (χ1v) is 9.27. The van der Waals surface area contributed by atoms with Gasteiger partial charge in [0, 0.05) is 0 Å². The van der Waals surface area contributed by atoms with Gasteiger partial charge in [-0.25, -0.2) is 0 Å². The highest BCUT2D eigenvalue weighted by molar-refractivity contribution is 6.62. The molecule has 28 heavy (non-hydrogen) atoms. The van der Waals surface area contributed by atoms with Crippen molar-refractivity contribution in [2.45, 2.75) is 51.4 Å². The molecular weight excluding hydrogens is 363 g/mol. The van der Waals surface area contributed by atoms with E-state index >= 15 is 0 Å². The van der Waals surface area contributed by atoms with Crippen LogP contribution in [0.2, 0.25) is 0 Å². The summed E-state index contributed by atoms with van der Waals surface area (Å²) < 4.78 is 41.5. The average Bonchev–Trinajstić information content (AvgIpc) is 2.97. The maximum Gasteiger partial charge on any atom is 0.494 e. The van der Waals surface area contributed by atoms with Gasteiger partial charge in [0.2, 0.25) is 0 Å². The number of anilines is 1. The maximum absolute atomic E-state index is 14.8. The molecule has 4 rings (SSSR count). The fraction of sp³-hybridized carbons (Fsp3) is 0.381. The third-order valence-corrected chi connectivity index (χ3v) is 5.87. The SMILES string of the molecule is CC1(C)OB(c2ccc3c(c2)C(F)(F)C(=O)N3Cc2ccccc2)OC1(C)C. The van der Waals surface area contributed by atoms with Gasteiger partial charge in [-0.1, -0.05) is 42.5 Å². The zero-order chi connectivity index (χ0) is 20.3. The van der Waals surface area contributed by atoms with Crippen LogP contribution in [-0.4, -0.2) is 24.2 Å². The van der Waals surface area contributed by atoms with Gasteiger partial charge in [-0.15, -0.1) is 0 Å². The van der Waals surface area contributed by atoms with Crippen LogP contribution in [0.25, 0.3) is 0 Å². The molecule has 7 heteroatoms. The van der Waals surface area contributed by atoms with Gasteiger partial charge in [0.15, 0.2) is 0 Å². The number of benzene rings is 2. The fourth-order valence-electron chi connectivity index (χ4n) is 3.48. The first-order chi connectivity index (χ1) is 13.0. The molecule has 0 N–H and O–H groups in total. The summed E-state index contributed by atoms with van der Waals surface area (Å²) in [5, 5.41) is 0. The van der Waals surface area contributed by atoms with E-state index in [1.807, 2.05) is 58.0 Å². The van der Waals surface area contributed by atoms with Crippen LogP contribution in [0.5, 0.6) is 0 Å². The maximum atomic E-state index is 14.8. The van der Waals surface area contributed by atoms with Gasteiger partial charge < -0.3 is 14.2 Å². The van der Waals surface area contributed by atoms with Crippen LogP contribution in [0.1, 0.15) is 38.8 Å². The average molecular weight is 385 g/mol. The van der Waals surface area contributed by atoms with Crippen molar-refractivity contribution in [1.29, 1.82) is 0 Å². The first-order valence-electron chi connectivity index (χ1n) is 9.27. The van der Waals surface area contributed by atoms with E-state index < -0.39 is 30.2 Å². The second kappa shape index (κ2) is 6.13. The summed E-state index contributed by atoms with van der Waals surface area (Å²) in [6.07, 6.45) is 0. The second-order valence-electron chi connectivity index (χ2n) is 8.32. The van der Waals surface area contributed by atoms with E-state index in [9.17, 15) is 13.6 Å². The molecule has 0 spiro atoms. The van der Waals surface area contributed by atoms with Crippen LogP contribution in [0.3, 0.4) is 0 Å².